The maximum atomic E-state index is 13.0. The van der Waals surface area contributed by atoms with Gasteiger partial charge in [-0.15, -0.1) is 0 Å². The van der Waals surface area contributed by atoms with Gasteiger partial charge in [0.15, 0.2) is 0 Å². The van der Waals surface area contributed by atoms with E-state index in [9.17, 15) is 4.79 Å². The van der Waals surface area contributed by atoms with Gasteiger partial charge >= 0.3 is 0 Å². The fraction of sp³-hybridized carbons (Fsp3) is 0.273. The summed E-state index contributed by atoms with van der Waals surface area (Å²) in [5.41, 5.74) is 3.08. The number of anilines is 1. The average Bonchev–Trinajstić information content (AvgIpc) is 3.10. The third kappa shape index (κ3) is 4.19. The lowest BCUT2D eigenvalue weighted by molar-refractivity contribution is 0.0767. The standard InChI is InChI=1S/C22H24N4O/c27-22(20-8-4-7-19(17-20)18-26-14-5-11-23-26)25-13-6-12-24(15-16-25)21-9-2-1-3-10-21/h1-5,7-11,14,17H,6,12-13,15-16,18H2. The Morgan fingerprint density at radius 2 is 1.81 bits per heavy atom. The first-order valence-corrected chi connectivity index (χ1v) is 9.45. The lowest BCUT2D eigenvalue weighted by Gasteiger charge is -2.24. The molecule has 2 heterocycles. The number of hydrogen-bond donors (Lipinski definition) is 0. The molecule has 0 bridgehead atoms. The molecule has 0 radical (unpaired) electrons. The molecule has 1 amide bonds. The largest absolute Gasteiger partial charge is 0.370 e. The van der Waals surface area contributed by atoms with E-state index in [-0.39, 0.29) is 5.91 Å². The number of amides is 1. The van der Waals surface area contributed by atoms with Crippen molar-refractivity contribution in [2.24, 2.45) is 0 Å². The quantitative estimate of drug-likeness (QED) is 0.717. The van der Waals surface area contributed by atoms with Gasteiger partial charge in [-0.3, -0.25) is 9.48 Å². The molecule has 1 aromatic heterocycles. The maximum absolute atomic E-state index is 13.0. The van der Waals surface area contributed by atoms with E-state index in [1.807, 2.05) is 52.2 Å². The van der Waals surface area contributed by atoms with Crippen LogP contribution in [-0.4, -0.2) is 46.8 Å². The summed E-state index contributed by atoms with van der Waals surface area (Å²) in [7, 11) is 0. The summed E-state index contributed by atoms with van der Waals surface area (Å²) in [4.78, 5) is 17.4. The highest BCUT2D eigenvalue weighted by Gasteiger charge is 2.20. The molecule has 0 N–H and O–H groups in total. The Bertz CT molecular complexity index is 876. The highest BCUT2D eigenvalue weighted by atomic mass is 16.2. The summed E-state index contributed by atoms with van der Waals surface area (Å²) in [6.07, 6.45) is 4.68. The smallest absolute Gasteiger partial charge is 0.253 e. The van der Waals surface area contributed by atoms with E-state index in [2.05, 4.69) is 34.3 Å². The second-order valence-corrected chi connectivity index (χ2v) is 6.87. The number of para-hydroxylation sites is 1. The fourth-order valence-corrected chi connectivity index (χ4v) is 3.58. The number of rotatable bonds is 4. The van der Waals surface area contributed by atoms with Crippen molar-refractivity contribution in [3.05, 3.63) is 84.2 Å². The normalized spacial score (nSPS) is 14.8. The Hall–Kier alpha value is -3.08. The van der Waals surface area contributed by atoms with Gasteiger partial charge in [0.2, 0.25) is 0 Å². The number of nitrogens with zero attached hydrogens (tertiary/aromatic N) is 4. The highest BCUT2D eigenvalue weighted by molar-refractivity contribution is 5.94. The van der Waals surface area contributed by atoms with Gasteiger partial charge in [-0.05, 0) is 42.3 Å². The van der Waals surface area contributed by atoms with Crippen molar-refractivity contribution in [2.45, 2.75) is 13.0 Å². The van der Waals surface area contributed by atoms with Crippen molar-refractivity contribution in [1.29, 1.82) is 0 Å². The zero-order valence-electron chi connectivity index (χ0n) is 15.4. The van der Waals surface area contributed by atoms with Gasteiger partial charge in [0, 0.05) is 49.8 Å². The highest BCUT2D eigenvalue weighted by Crippen LogP contribution is 2.17. The zero-order chi connectivity index (χ0) is 18.5. The summed E-state index contributed by atoms with van der Waals surface area (Å²) < 4.78 is 1.87. The van der Waals surface area contributed by atoms with Gasteiger partial charge in [-0.1, -0.05) is 30.3 Å². The fourth-order valence-electron chi connectivity index (χ4n) is 3.58. The first kappa shape index (κ1) is 17.3. The van der Waals surface area contributed by atoms with Crippen LogP contribution in [-0.2, 0) is 6.54 Å². The third-order valence-corrected chi connectivity index (χ3v) is 4.98. The van der Waals surface area contributed by atoms with Crippen LogP contribution in [0.4, 0.5) is 5.69 Å². The lowest BCUT2D eigenvalue weighted by atomic mass is 10.1. The summed E-state index contributed by atoms with van der Waals surface area (Å²) in [5.74, 6) is 0.118. The predicted molar refractivity (Wildman–Crippen MR) is 107 cm³/mol. The van der Waals surface area contributed by atoms with Crippen molar-refractivity contribution in [3.63, 3.8) is 0 Å². The molecule has 2 aromatic carbocycles. The molecular weight excluding hydrogens is 336 g/mol. The average molecular weight is 360 g/mol. The first-order valence-electron chi connectivity index (χ1n) is 9.45. The van der Waals surface area contributed by atoms with Gasteiger partial charge in [0.1, 0.15) is 0 Å². The van der Waals surface area contributed by atoms with E-state index < -0.39 is 0 Å². The molecule has 0 atom stereocenters. The second-order valence-electron chi connectivity index (χ2n) is 6.87. The number of benzene rings is 2. The molecular formula is C22H24N4O. The van der Waals surface area contributed by atoms with Crippen molar-refractivity contribution in [1.82, 2.24) is 14.7 Å². The summed E-state index contributed by atoms with van der Waals surface area (Å²) in [5, 5.41) is 4.24. The summed E-state index contributed by atoms with van der Waals surface area (Å²) in [6.45, 7) is 4.06. The molecule has 0 saturated carbocycles. The van der Waals surface area contributed by atoms with Crippen LogP contribution in [0.3, 0.4) is 0 Å². The minimum Gasteiger partial charge on any atom is -0.370 e. The number of carbonyl (C=O) groups is 1. The predicted octanol–water partition coefficient (Wildman–Crippen LogP) is 3.28. The van der Waals surface area contributed by atoms with Crippen molar-refractivity contribution in [2.75, 3.05) is 31.1 Å². The molecule has 27 heavy (non-hydrogen) atoms. The molecule has 3 aromatic rings. The van der Waals surface area contributed by atoms with Gasteiger partial charge < -0.3 is 9.80 Å². The zero-order valence-corrected chi connectivity index (χ0v) is 15.4. The molecule has 0 aliphatic carbocycles. The van der Waals surface area contributed by atoms with Crippen LogP contribution in [0.15, 0.2) is 73.1 Å². The van der Waals surface area contributed by atoms with Crippen LogP contribution >= 0.6 is 0 Å². The van der Waals surface area contributed by atoms with Crippen LogP contribution in [0.5, 0.6) is 0 Å². The second kappa shape index (κ2) is 8.08. The summed E-state index contributed by atoms with van der Waals surface area (Å²) >= 11 is 0. The Morgan fingerprint density at radius 1 is 0.926 bits per heavy atom. The first-order chi connectivity index (χ1) is 13.3. The molecule has 138 valence electrons. The topological polar surface area (TPSA) is 41.4 Å². The molecule has 1 saturated heterocycles. The number of aromatic nitrogens is 2. The Labute approximate surface area is 159 Å². The van der Waals surface area contributed by atoms with Crippen LogP contribution < -0.4 is 4.90 Å². The summed E-state index contributed by atoms with van der Waals surface area (Å²) in [6, 6.07) is 20.2. The Kier molecular flexibility index (Phi) is 5.19. The Morgan fingerprint density at radius 3 is 2.63 bits per heavy atom. The third-order valence-electron chi connectivity index (χ3n) is 4.98. The van der Waals surface area contributed by atoms with E-state index in [1.54, 1.807) is 6.20 Å². The molecule has 1 aliphatic rings. The maximum Gasteiger partial charge on any atom is 0.253 e. The van der Waals surface area contributed by atoms with Gasteiger partial charge in [0.05, 0.1) is 6.54 Å². The van der Waals surface area contributed by atoms with Crippen LogP contribution in [0.25, 0.3) is 0 Å². The SMILES string of the molecule is O=C(c1cccc(Cn2cccn2)c1)N1CCCN(c2ccccc2)CC1. The monoisotopic (exact) mass is 360 g/mol. The van der Waals surface area contributed by atoms with Gasteiger partial charge in [-0.2, -0.15) is 5.10 Å². The van der Waals surface area contributed by atoms with Gasteiger partial charge in [-0.25, -0.2) is 0 Å². The minimum atomic E-state index is 0.118. The number of hydrogen-bond acceptors (Lipinski definition) is 3. The van der Waals surface area contributed by atoms with E-state index in [1.165, 1.54) is 5.69 Å². The molecule has 4 rings (SSSR count). The van der Waals surface area contributed by atoms with Gasteiger partial charge in [0.25, 0.3) is 5.91 Å². The molecule has 5 heteroatoms. The van der Waals surface area contributed by atoms with Crippen LogP contribution in [0, 0.1) is 0 Å². The molecule has 5 nitrogen and oxygen atoms in total. The van der Waals surface area contributed by atoms with Crippen LogP contribution in [0.1, 0.15) is 22.3 Å². The van der Waals surface area contributed by atoms with Crippen molar-refractivity contribution < 1.29 is 4.79 Å². The van der Waals surface area contributed by atoms with E-state index in [4.69, 9.17) is 0 Å². The van der Waals surface area contributed by atoms with Crippen molar-refractivity contribution in [3.8, 4) is 0 Å². The Balaban J connectivity index is 1.43. The molecule has 0 unspecified atom stereocenters. The van der Waals surface area contributed by atoms with Crippen molar-refractivity contribution >= 4 is 11.6 Å². The molecule has 1 fully saturated rings. The van der Waals surface area contributed by atoms with E-state index >= 15 is 0 Å². The number of carbonyl (C=O) groups excluding carboxylic acids is 1. The molecule has 0 spiro atoms. The minimum absolute atomic E-state index is 0.118. The van der Waals surface area contributed by atoms with E-state index in [0.29, 0.717) is 6.54 Å². The van der Waals surface area contributed by atoms with E-state index in [0.717, 1.165) is 43.7 Å². The van der Waals surface area contributed by atoms with Crippen LogP contribution in [0.2, 0.25) is 0 Å². The molecule has 1 aliphatic heterocycles. The lowest BCUT2D eigenvalue weighted by Crippen LogP contribution is -2.35.